The molecule has 1 aliphatic rings. The van der Waals surface area contributed by atoms with Gasteiger partial charge in [-0.05, 0) is 34.7 Å². The highest BCUT2D eigenvalue weighted by atomic mass is 32.2. The van der Waals surface area contributed by atoms with Gasteiger partial charge in [0.2, 0.25) is 0 Å². The van der Waals surface area contributed by atoms with E-state index in [0.29, 0.717) is 6.54 Å². The third-order valence-corrected chi connectivity index (χ3v) is 8.79. The van der Waals surface area contributed by atoms with Gasteiger partial charge in [-0.25, -0.2) is 0 Å². The molecule has 1 fully saturated rings. The minimum Gasteiger partial charge on any atom is -0.392 e. The number of hydrogen-bond donors (Lipinski definition) is 2. The smallest absolute Gasteiger partial charge is 0.184 e. The summed E-state index contributed by atoms with van der Waals surface area (Å²) in [5.74, 6) is 0.872. The van der Waals surface area contributed by atoms with Crippen LogP contribution in [0.1, 0.15) is 46.6 Å². The average molecular weight is 534 g/mol. The summed E-state index contributed by atoms with van der Waals surface area (Å²) >= 11 is 3.28. The lowest BCUT2D eigenvalue weighted by atomic mass is 9.91. The van der Waals surface area contributed by atoms with E-state index >= 15 is 0 Å². The molecule has 3 N–H and O–H groups in total. The summed E-state index contributed by atoms with van der Waals surface area (Å²) in [6.45, 7) is 4.65. The fourth-order valence-electron chi connectivity index (χ4n) is 4.60. The second kappa shape index (κ2) is 11.9. The van der Waals surface area contributed by atoms with Crippen molar-refractivity contribution in [3.05, 3.63) is 100 Å². The Morgan fingerprint density at radius 1 is 0.946 bits per heavy atom. The summed E-state index contributed by atoms with van der Waals surface area (Å²) in [7, 11) is 0. The first-order valence-electron chi connectivity index (χ1n) is 12.4. The Hall–Kier alpha value is -2.59. The van der Waals surface area contributed by atoms with E-state index in [-0.39, 0.29) is 24.7 Å². The predicted molar refractivity (Wildman–Crippen MR) is 148 cm³/mol. The number of nitrogens with two attached hydrogens (primary N) is 1. The minimum atomic E-state index is -0.501. The SMILES string of the molecule is Cc1nnc(SCC2OC(c3ccc(-c4ccccc4CN)cc3)OC(c3ccc(CO)cc3)C2C)s1. The molecule has 8 heteroatoms. The van der Waals surface area contributed by atoms with E-state index in [9.17, 15) is 5.11 Å². The Bertz CT molecular complexity index is 1310. The molecule has 4 unspecified atom stereocenters. The van der Waals surface area contributed by atoms with Gasteiger partial charge < -0.3 is 20.3 Å². The summed E-state index contributed by atoms with van der Waals surface area (Å²) in [4.78, 5) is 0. The van der Waals surface area contributed by atoms with Crippen LogP contribution in [0.2, 0.25) is 0 Å². The standard InChI is InChI=1S/C29H31N3O3S2/c1-18-26(17-36-29-32-31-19(2)37-29)34-28(35-27(18)22-9-7-20(16-33)8-10-22)23-13-11-21(12-14-23)25-6-4-3-5-24(25)15-30/h3-14,18,26-28,33H,15-17,30H2,1-2H3. The van der Waals surface area contributed by atoms with Crippen LogP contribution in [0.4, 0.5) is 0 Å². The quantitative estimate of drug-likeness (QED) is 0.267. The molecule has 1 aromatic heterocycles. The first-order valence-corrected chi connectivity index (χ1v) is 14.2. The molecule has 1 saturated heterocycles. The Morgan fingerprint density at radius 3 is 2.35 bits per heavy atom. The lowest BCUT2D eigenvalue weighted by Crippen LogP contribution is -2.38. The Kier molecular flexibility index (Phi) is 8.34. The number of benzene rings is 3. The van der Waals surface area contributed by atoms with E-state index in [1.807, 2.05) is 43.3 Å². The number of ether oxygens (including phenoxy) is 2. The summed E-state index contributed by atoms with van der Waals surface area (Å²) in [6, 6.07) is 24.6. The monoisotopic (exact) mass is 533 g/mol. The van der Waals surface area contributed by atoms with Gasteiger partial charge in [0.05, 0.1) is 18.8 Å². The molecule has 2 heterocycles. The van der Waals surface area contributed by atoms with Crippen LogP contribution in [0.5, 0.6) is 0 Å². The van der Waals surface area contributed by atoms with E-state index in [1.54, 1.807) is 23.1 Å². The van der Waals surface area contributed by atoms with Crippen LogP contribution in [0.25, 0.3) is 11.1 Å². The topological polar surface area (TPSA) is 90.5 Å². The van der Waals surface area contributed by atoms with Gasteiger partial charge in [-0.1, -0.05) is 103 Å². The zero-order chi connectivity index (χ0) is 25.8. The van der Waals surface area contributed by atoms with E-state index in [2.05, 4.69) is 53.5 Å². The summed E-state index contributed by atoms with van der Waals surface area (Å²) in [5, 5.41) is 18.8. The molecule has 192 valence electrons. The fourth-order valence-corrected chi connectivity index (χ4v) is 6.60. The van der Waals surface area contributed by atoms with Crippen molar-refractivity contribution in [2.24, 2.45) is 11.7 Å². The molecule has 4 atom stereocenters. The third kappa shape index (κ3) is 5.95. The molecule has 0 amide bonds. The second-order valence-corrected chi connectivity index (χ2v) is 11.7. The first-order chi connectivity index (χ1) is 18.1. The molecule has 37 heavy (non-hydrogen) atoms. The molecule has 6 nitrogen and oxygen atoms in total. The molecule has 0 bridgehead atoms. The molecule has 0 radical (unpaired) electrons. The molecular formula is C29H31N3O3S2. The van der Waals surface area contributed by atoms with Crippen LogP contribution in [0, 0.1) is 12.8 Å². The largest absolute Gasteiger partial charge is 0.392 e. The van der Waals surface area contributed by atoms with Crippen LogP contribution in [-0.4, -0.2) is 27.2 Å². The second-order valence-electron chi connectivity index (χ2n) is 9.20. The van der Waals surface area contributed by atoms with Gasteiger partial charge in [-0.3, -0.25) is 0 Å². The number of aliphatic hydroxyl groups is 1. The molecule has 0 aliphatic carbocycles. The van der Waals surface area contributed by atoms with E-state index < -0.39 is 6.29 Å². The number of nitrogens with zero attached hydrogens (tertiary/aromatic N) is 2. The molecule has 0 saturated carbocycles. The number of aliphatic hydroxyl groups excluding tert-OH is 1. The predicted octanol–water partition coefficient (Wildman–Crippen LogP) is 6.05. The van der Waals surface area contributed by atoms with Gasteiger partial charge in [0.15, 0.2) is 10.6 Å². The molecule has 1 aliphatic heterocycles. The highest BCUT2D eigenvalue weighted by Gasteiger charge is 2.38. The molecule has 5 rings (SSSR count). The normalized spacial score (nSPS) is 21.7. The van der Waals surface area contributed by atoms with Crippen LogP contribution in [-0.2, 0) is 22.6 Å². The van der Waals surface area contributed by atoms with E-state index in [0.717, 1.165) is 48.5 Å². The van der Waals surface area contributed by atoms with Crippen molar-refractivity contribution in [2.75, 3.05) is 5.75 Å². The number of rotatable bonds is 8. The first kappa shape index (κ1) is 26.0. The number of aryl methyl sites for hydroxylation is 1. The Labute approximate surface area is 225 Å². The molecule has 0 spiro atoms. The number of hydrogen-bond acceptors (Lipinski definition) is 8. The highest BCUT2D eigenvalue weighted by molar-refractivity contribution is 8.01. The minimum absolute atomic E-state index is 0.0211. The fraction of sp³-hybridized carbons (Fsp3) is 0.310. The van der Waals surface area contributed by atoms with Gasteiger partial charge >= 0.3 is 0 Å². The van der Waals surface area contributed by atoms with Crippen molar-refractivity contribution in [3.8, 4) is 11.1 Å². The lowest BCUT2D eigenvalue weighted by molar-refractivity contribution is -0.268. The maximum Gasteiger partial charge on any atom is 0.184 e. The van der Waals surface area contributed by atoms with Crippen molar-refractivity contribution in [1.82, 2.24) is 10.2 Å². The van der Waals surface area contributed by atoms with Crippen LogP contribution >= 0.6 is 23.1 Å². The van der Waals surface area contributed by atoms with Crippen LogP contribution in [0.3, 0.4) is 0 Å². The summed E-state index contributed by atoms with van der Waals surface area (Å²) in [5.41, 5.74) is 12.3. The van der Waals surface area contributed by atoms with Gasteiger partial charge in [-0.15, -0.1) is 10.2 Å². The summed E-state index contributed by atoms with van der Waals surface area (Å²) < 4.78 is 14.1. The van der Waals surface area contributed by atoms with Gasteiger partial charge in [0, 0.05) is 23.8 Å². The summed E-state index contributed by atoms with van der Waals surface area (Å²) in [6.07, 6.45) is -0.696. The lowest BCUT2D eigenvalue weighted by Gasteiger charge is -2.41. The van der Waals surface area contributed by atoms with Gasteiger partial charge in [-0.2, -0.15) is 0 Å². The number of aromatic nitrogens is 2. The zero-order valence-electron chi connectivity index (χ0n) is 20.9. The van der Waals surface area contributed by atoms with E-state index in [4.69, 9.17) is 15.2 Å². The highest BCUT2D eigenvalue weighted by Crippen LogP contribution is 2.43. The van der Waals surface area contributed by atoms with Crippen molar-refractivity contribution < 1.29 is 14.6 Å². The Balaban J connectivity index is 1.40. The number of thioether (sulfide) groups is 1. The zero-order valence-corrected chi connectivity index (χ0v) is 22.5. The van der Waals surface area contributed by atoms with Crippen molar-refractivity contribution in [2.45, 2.75) is 49.8 Å². The van der Waals surface area contributed by atoms with Crippen molar-refractivity contribution in [1.29, 1.82) is 0 Å². The van der Waals surface area contributed by atoms with Gasteiger partial charge in [0.25, 0.3) is 0 Å². The average Bonchev–Trinajstić information content (AvgIpc) is 3.37. The van der Waals surface area contributed by atoms with Gasteiger partial charge in [0.1, 0.15) is 5.01 Å². The van der Waals surface area contributed by atoms with Crippen LogP contribution in [0.15, 0.2) is 77.1 Å². The van der Waals surface area contributed by atoms with Crippen LogP contribution < -0.4 is 5.73 Å². The third-order valence-electron chi connectivity index (χ3n) is 6.73. The van der Waals surface area contributed by atoms with Crippen molar-refractivity contribution >= 4 is 23.1 Å². The maximum absolute atomic E-state index is 9.47. The molecular weight excluding hydrogens is 502 g/mol. The van der Waals surface area contributed by atoms with E-state index in [1.165, 1.54) is 0 Å². The molecule has 4 aromatic rings. The maximum atomic E-state index is 9.47. The molecule has 3 aromatic carbocycles. The van der Waals surface area contributed by atoms with Crippen molar-refractivity contribution in [3.63, 3.8) is 0 Å². The Morgan fingerprint density at radius 2 is 1.68 bits per heavy atom.